The third kappa shape index (κ3) is 5.71. The fraction of sp³-hybridized carbons (Fsp3) is 0.394. The molecular weight excluding hydrogens is 666 g/mol. The fourth-order valence-electron chi connectivity index (χ4n) is 7.02. The predicted octanol–water partition coefficient (Wildman–Crippen LogP) is 1.46. The Morgan fingerprint density at radius 1 is 1.10 bits per heavy atom. The van der Waals surface area contributed by atoms with Crippen LogP contribution in [0.3, 0.4) is 0 Å². The molecular formula is C33H36ClN3O12. The predicted molar refractivity (Wildman–Crippen MR) is 172 cm³/mol. The van der Waals surface area contributed by atoms with Crippen molar-refractivity contribution in [3.05, 3.63) is 69.5 Å². The van der Waals surface area contributed by atoms with E-state index in [1.165, 1.54) is 38.1 Å². The van der Waals surface area contributed by atoms with Crippen LogP contribution in [0, 0.1) is 11.8 Å². The third-order valence-electron chi connectivity index (χ3n) is 9.31. The van der Waals surface area contributed by atoms with E-state index in [0.717, 1.165) is 0 Å². The quantitative estimate of drug-likeness (QED) is 0.212. The molecule has 0 aromatic heterocycles. The molecule has 1 saturated heterocycles. The molecule has 49 heavy (non-hydrogen) atoms. The molecule has 2 amide bonds. The zero-order valence-corrected chi connectivity index (χ0v) is 27.6. The van der Waals surface area contributed by atoms with Gasteiger partial charge in [0.1, 0.15) is 29.4 Å². The van der Waals surface area contributed by atoms with Gasteiger partial charge in [-0.25, -0.2) is 4.79 Å². The van der Waals surface area contributed by atoms with Crippen LogP contribution < -0.4 is 20.5 Å². The molecule has 4 aliphatic rings. The van der Waals surface area contributed by atoms with Crippen LogP contribution in [0.4, 0.5) is 4.79 Å². The Hall–Kier alpha value is -4.83. The first kappa shape index (κ1) is 35.5. The molecule has 6 rings (SSSR count). The number of nitrogens with zero attached hydrogens (tertiary/aromatic N) is 1. The van der Waals surface area contributed by atoms with Gasteiger partial charge in [-0.15, -0.1) is 0 Å². The van der Waals surface area contributed by atoms with Crippen molar-refractivity contribution < 1.29 is 58.9 Å². The number of aliphatic hydroxyl groups excluding tert-OH is 2. The van der Waals surface area contributed by atoms with Gasteiger partial charge >= 0.3 is 6.09 Å². The number of carbonyl (C=O) groups excluding carboxylic acids is 4. The minimum atomic E-state index is -2.78. The highest BCUT2D eigenvalue weighted by atomic mass is 35.5. The van der Waals surface area contributed by atoms with Gasteiger partial charge in [0.15, 0.2) is 29.0 Å². The number of cyclic esters (lactones) is 1. The number of ketones is 2. The number of likely N-dealkylation sites (N-methyl/N-ethyl adjacent to an activating group) is 1. The van der Waals surface area contributed by atoms with Crippen molar-refractivity contribution in [3.8, 4) is 17.2 Å². The molecule has 0 radical (unpaired) electrons. The lowest BCUT2D eigenvalue weighted by Gasteiger charge is -2.53. The number of phenolic OH excluding ortho intramolecular Hbond substituents is 1. The van der Waals surface area contributed by atoms with Crippen LogP contribution in [0.2, 0.25) is 5.02 Å². The number of alkyl carbamates (subject to hydrolysis) is 1. The summed E-state index contributed by atoms with van der Waals surface area (Å²) >= 11 is 6.28. The second-order valence-electron chi connectivity index (χ2n) is 12.4. The maximum absolute atomic E-state index is 13.7. The van der Waals surface area contributed by atoms with Crippen molar-refractivity contribution in [1.29, 1.82) is 0 Å². The molecule has 16 heteroatoms. The zero-order chi connectivity index (χ0) is 36.2. The Bertz CT molecular complexity index is 1800. The number of halogens is 1. The van der Waals surface area contributed by atoms with E-state index in [0.29, 0.717) is 24.7 Å². The molecule has 15 nitrogen and oxygen atoms in total. The number of benzene rings is 2. The number of fused-ring (bicyclic) bond motifs is 3. The smallest absolute Gasteiger partial charge is 0.407 e. The Morgan fingerprint density at radius 3 is 2.33 bits per heavy atom. The Morgan fingerprint density at radius 2 is 1.76 bits per heavy atom. The van der Waals surface area contributed by atoms with Gasteiger partial charge in [-0.1, -0.05) is 23.7 Å². The summed E-state index contributed by atoms with van der Waals surface area (Å²) in [5, 5.41) is 57.8. The Kier molecular flexibility index (Phi) is 9.33. The van der Waals surface area contributed by atoms with Gasteiger partial charge in [0.25, 0.3) is 5.91 Å². The highest BCUT2D eigenvalue weighted by molar-refractivity contribution is 6.32. The number of nitrogens with two attached hydrogens (primary N) is 1. The van der Waals surface area contributed by atoms with Gasteiger partial charge in [0.2, 0.25) is 5.78 Å². The van der Waals surface area contributed by atoms with Gasteiger partial charge in [0.05, 0.1) is 30.9 Å². The topological polar surface area (TPSA) is 238 Å². The summed E-state index contributed by atoms with van der Waals surface area (Å²) in [6.45, 7) is 2.14. The molecule has 8 N–H and O–H groups in total. The molecule has 2 aromatic carbocycles. The number of phenols is 1. The fourth-order valence-corrected chi connectivity index (χ4v) is 7.37. The zero-order valence-electron chi connectivity index (χ0n) is 26.9. The van der Waals surface area contributed by atoms with Gasteiger partial charge < -0.3 is 50.8 Å². The number of rotatable bonds is 6. The first-order valence-electron chi connectivity index (χ1n) is 15.1. The van der Waals surface area contributed by atoms with Crippen molar-refractivity contribution in [3.63, 3.8) is 0 Å². The number of hydrogen-bond acceptors (Lipinski definition) is 13. The second-order valence-corrected chi connectivity index (χ2v) is 12.9. The van der Waals surface area contributed by atoms with E-state index in [1.54, 1.807) is 7.11 Å². The second kappa shape index (κ2) is 12.9. The highest BCUT2D eigenvalue weighted by Gasteiger charge is 2.66. The van der Waals surface area contributed by atoms with Crippen LogP contribution in [0.25, 0.3) is 5.76 Å². The maximum atomic E-state index is 13.7. The van der Waals surface area contributed by atoms with E-state index >= 15 is 0 Å². The molecule has 6 atom stereocenters. The molecule has 0 bridgehead atoms. The van der Waals surface area contributed by atoms with Crippen molar-refractivity contribution in [2.75, 3.05) is 34.4 Å². The van der Waals surface area contributed by atoms with Gasteiger partial charge in [0, 0.05) is 28.0 Å². The minimum absolute atomic E-state index is 0.0187. The number of amides is 2. The van der Waals surface area contributed by atoms with Crippen molar-refractivity contribution in [1.82, 2.24) is 10.2 Å². The lowest BCUT2D eigenvalue weighted by molar-refractivity contribution is -0.159. The normalized spacial score (nSPS) is 28.9. The number of hydrogen-bond donors (Lipinski definition) is 7. The number of para-hydroxylation sites is 2. The Balaban J connectivity index is 0.000000244. The summed E-state index contributed by atoms with van der Waals surface area (Å²) in [4.78, 5) is 50.9. The number of aliphatic hydroxyl groups is 4. The number of aromatic hydroxyl groups is 1. The van der Waals surface area contributed by atoms with Crippen LogP contribution in [0.15, 0.2) is 53.3 Å². The molecule has 0 spiro atoms. The standard InChI is InChI=1S/C22H23ClN2O8.C11H13NO4/c1-21(32)7-6-8-15(25(2)3)17(28)13(20(24)31)19(30)22(8,33)18(29)11(7)16(27)12-10(26)5-4-9(23)14(12)21;1-14-9-4-2-3-5-10(9)15-7-8-6-12-11(13)16-8/h4-5,7-8,15,26-27,30,32-33H,6H2,1-3H3,(H2,24,31);2-5,8H,6-7H2,1H3,(H,12,13)/t7-,8-,15-,21-,22-;/m0./s1. The molecule has 1 saturated carbocycles. The van der Waals surface area contributed by atoms with Crippen molar-refractivity contribution in [2.24, 2.45) is 17.6 Å². The minimum Gasteiger partial charge on any atom is -0.508 e. The van der Waals surface area contributed by atoms with Crippen LogP contribution in [0.1, 0.15) is 24.5 Å². The first-order chi connectivity index (χ1) is 23.0. The van der Waals surface area contributed by atoms with Crippen LogP contribution in [-0.2, 0) is 24.7 Å². The summed E-state index contributed by atoms with van der Waals surface area (Å²) in [5.74, 6) is -6.98. The summed E-state index contributed by atoms with van der Waals surface area (Å²) in [6, 6.07) is 8.59. The molecule has 1 unspecified atom stereocenters. The first-order valence-corrected chi connectivity index (χ1v) is 15.5. The number of Topliss-reactive ketones (excluding diaryl/α,β-unsaturated/α-hetero) is 2. The number of nitrogens with one attached hydrogen (secondary N) is 1. The summed E-state index contributed by atoms with van der Waals surface area (Å²) in [7, 11) is 4.56. The molecule has 2 aromatic rings. The number of primary amides is 1. The summed E-state index contributed by atoms with van der Waals surface area (Å²) in [5.41, 5.74) is -1.10. The number of ether oxygens (including phenoxy) is 3. The van der Waals surface area contributed by atoms with E-state index in [4.69, 9.17) is 31.5 Å². The van der Waals surface area contributed by atoms with Crippen molar-refractivity contribution in [2.45, 2.75) is 36.7 Å². The summed E-state index contributed by atoms with van der Waals surface area (Å²) in [6.07, 6.45) is -0.892. The van der Waals surface area contributed by atoms with Crippen molar-refractivity contribution >= 4 is 40.9 Å². The molecule has 1 heterocycles. The van der Waals surface area contributed by atoms with E-state index in [1.807, 2.05) is 24.3 Å². The molecule has 262 valence electrons. The average molecular weight is 702 g/mol. The van der Waals surface area contributed by atoms with E-state index < -0.39 is 81.1 Å². The van der Waals surface area contributed by atoms with Crippen LogP contribution >= 0.6 is 11.6 Å². The van der Waals surface area contributed by atoms with Crippen LogP contribution in [0.5, 0.6) is 17.2 Å². The number of carbonyl (C=O) groups is 4. The third-order valence-corrected chi connectivity index (χ3v) is 9.63. The van der Waals surface area contributed by atoms with Gasteiger partial charge in [-0.3, -0.25) is 19.3 Å². The lowest BCUT2D eigenvalue weighted by atomic mass is 9.54. The van der Waals surface area contributed by atoms with E-state index in [9.17, 15) is 44.7 Å². The SMILES string of the molecule is CN(C)[C@@H]1C(=O)C(C(N)=O)=C(O)[C@@]2(O)C(=O)C3=C(O)c4c(O)ccc(Cl)c4[C@@](C)(O)[C@H]3C[C@@H]12.COc1ccccc1OCC1CNC(=O)O1. The Labute approximate surface area is 285 Å². The maximum Gasteiger partial charge on any atom is 0.407 e. The monoisotopic (exact) mass is 701 g/mol. The van der Waals surface area contributed by atoms with Gasteiger partial charge in [-0.2, -0.15) is 0 Å². The van der Waals surface area contributed by atoms with Crippen LogP contribution in [-0.4, -0.2) is 106 Å². The number of methoxy groups -OCH3 is 1. The summed E-state index contributed by atoms with van der Waals surface area (Å²) < 4.78 is 15.6. The van der Waals surface area contributed by atoms with E-state index in [2.05, 4.69) is 5.32 Å². The average Bonchev–Trinajstić information content (AvgIpc) is 3.46. The molecule has 3 aliphatic carbocycles. The lowest BCUT2D eigenvalue weighted by Crippen LogP contribution is -2.67. The largest absolute Gasteiger partial charge is 0.508 e. The molecule has 1 aliphatic heterocycles. The van der Waals surface area contributed by atoms with E-state index in [-0.39, 0.29) is 28.7 Å². The molecule has 2 fully saturated rings. The highest BCUT2D eigenvalue weighted by Crippen LogP contribution is 2.58. The van der Waals surface area contributed by atoms with Gasteiger partial charge in [-0.05, 0) is 51.7 Å².